The van der Waals surface area contributed by atoms with E-state index in [0.717, 1.165) is 6.42 Å². The third-order valence-electron chi connectivity index (χ3n) is 4.29. The van der Waals surface area contributed by atoms with Gasteiger partial charge in [0.2, 0.25) is 0 Å². The van der Waals surface area contributed by atoms with Crippen LogP contribution < -0.4 is 0 Å². The number of thioether (sulfide) groups is 1. The molecule has 5 nitrogen and oxygen atoms in total. The molecule has 0 atom stereocenters. The van der Waals surface area contributed by atoms with Crippen molar-refractivity contribution in [1.29, 1.82) is 5.41 Å². The maximum atomic E-state index is 12.6. The minimum absolute atomic E-state index is 0.00169. The molecule has 1 heterocycles. The van der Waals surface area contributed by atoms with Crippen LogP contribution in [0.2, 0.25) is 0 Å². The van der Waals surface area contributed by atoms with E-state index in [-0.39, 0.29) is 28.3 Å². The Labute approximate surface area is 148 Å². The van der Waals surface area contributed by atoms with Crippen LogP contribution in [0.3, 0.4) is 0 Å². The molecule has 1 aromatic carbocycles. The SMILES string of the molecule is N=C1C(Sc2ccccn2)=CC(=O)c2c(O)c3c(c(O)c21)CCC=C3. The Morgan fingerprint density at radius 2 is 2.00 bits per heavy atom. The average molecular weight is 350 g/mol. The minimum atomic E-state index is -0.418. The van der Waals surface area contributed by atoms with Crippen LogP contribution in [0.1, 0.15) is 33.5 Å². The summed E-state index contributed by atoms with van der Waals surface area (Å²) >= 11 is 1.19. The second-order valence-corrected chi connectivity index (χ2v) is 6.86. The zero-order valence-electron chi connectivity index (χ0n) is 13.1. The van der Waals surface area contributed by atoms with E-state index < -0.39 is 5.78 Å². The van der Waals surface area contributed by atoms with Gasteiger partial charge in [-0.3, -0.25) is 10.2 Å². The summed E-state index contributed by atoms with van der Waals surface area (Å²) in [4.78, 5) is 17.2. The lowest BCUT2D eigenvalue weighted by atomic mass is 9.84. The van der Waals surface area contributed by atoms with Gasteiger partial charge in [-0.25, -0.2) is 4.98 Å². The number of rotatable bonds is 2. The van der Waals surface area contributed by atoms with E-state index in [0.29, 0.717) is 27.5 Å². The van der Waals surface area contributed by atoms with Gasteiger partial charge in [0.1, 0.15) is 16.5 Å². The van der Waals surface area contributed by atoms with Gasteiger partial charge >= 0.3 is 0 Å². The summed E-state index contributed by atoms with van der Waals surface area (Å²) in [6.45, 7) is 0. The molecule has 6 heteroatoms. The van der Waals surface area contributed by atoms with Crippen LogP contribution in [0.15, 0.2) is 46.5 Å². The van der Waals surface area contributed by atoms with Gasteiger partial charge in [-0.1, -0.05) is 30.0 Å². The Kier molecular flexibility index (Phi) is 3.69. The molecule has 0 bridgehead atoms. The third kappa shape index (κ3) is 2.46. The topological polar surface area (TPSA) is 94.3 Å². The van der Waals surface area contributed by atoms with Crippen molar-refractivity contribution in [2.75, 3.05) is 0 Å². The zero-order valence-corrected chi connectivity index (χ0v) is 13.9. The van der Waals surface area contributed by atoms with Gasteiger partial charge in [0.05, 0.1) is 16.8 Å². The molecular formula is C19H14N2O3S. The maximum absolute atomic E-state index is 12.6. The summed E-state index contributed by atoms with van der Waals surface area (Å²) in [6.07, 6.45) is 7.87. The summed E-state index contributed by atoms with van der Waals surface area (Å²) in [6, 6.07) is 5.40. The van der Waals surface area contributed by atoms with E-state index in [2.05, 4.69) is 4.98 Å². The molecule has 0 saturated heterocycles. The van der Waals surface area contributed by atoms with Gasteiger partial charge in [0.15, 0.2) is 5.78 Å². The third-order valence-corrected chi connectivity index (χ3v) is 5.29. The summed E-state index contributed by atoms with van der Waals surface area (Å²) in [5.41, 5.74) is 1.18. The Hall–Kier alpha value is -2.86. The van der Waals surface area contributed by atoms with Crippen LogP contribution >= 0.6 is 11.8 Å². The molecule has 0 radical (unpaired) electrons. The lowest BCUT2D eigenvalue weighted by Crippen LogP contribution is -2.18. The number of carbonyl (C=O) groups excluding carboxylic acids is 1. The number of hydrogen-bond donors (Lipinski definition) is 3. The monoisotopic (exact) mass is 350 g/mol. The maximum Gasteiger partial charge on any atom is 0.191 e. The number of nitrogens with zero attached hydrogens (tertiary/aromatic N) is 1. The van der Waals surface area contributed by atoms with E-state index in [1.54, 1.807) is 24.4 Å². The van der Waals surface area contributed by atoms with Gasteiger partial charge < -0.3 is 10.2 Å². The molecule has 1 aromatic heterocycles. The molecule has 124 valence electrons. The first-order chi connectivity index (χ1) is 12.1. The van der Waals surface area contributed by atoms with Crippen LogP contribution in [0, 0.1) is 5.41 Å². The van der Waals surface area contributed by atoms with E-state index in [1.165, 1.54) is 17.8 Å². The van der Waals surface area contributed by atoms with Gasteiger partial charge in [0, 0.05) is 28.3 Å². The summed E-state index contributed by atoms with van der Waals surface area (Å²) in [5.74, 6) is -0.664. The minimum Gasteiger partial charge on any atom is -0.507 e. The molecule has 2 aliphatic carbocycles. The largest absolute Gasteiger partial charge is 0.507 e. The quantitative estimate of drug-likeness (QED) is 0.718. The highest BCUT2D eigenvalue weighted by Gasteiger charge is 2.33. The zero-order chi connectivity index (χ0) is 17.6. The number of nitrogens with one attached hydrogen (secondary N) is 1. The molecule has 25 heavy (non-hydrogen) atoms. The van der Waals surface area contributed by atoms with Gasteiger partial charge in [-0.05, 0) is 25.0 Å². The number of aromatic hydroxyl groups is 2. The van der Waals surface area contributed by atoms with E-state index in [4.69, 9.17) is 5.41 Å². The summed E-state index contributed by atoms with van der Waals surface area (Å²) in [7, 11) is 0. The van der Waals surface area contributed by atoms with Crippen molar-refractivity contribution in [2.45, 2.75) is 17.9 Å². The second kappa shape index (κ2) is 5.89. The Balaban J connectivity index is 1.85. The van der Waals surface area contributed by atoms with Crippen molar-refractivity contribution in [3.05, 3.63) is 63.7 Å². The van der Waals surface area contributed by atoms with Crippen molar-refractivity contribution in [3.8, 4) is 11.5 Å². The number of fused-ring (bicyclic) bond motifs is 2. The standard InChI is InChI=1S/C19H14N2O3S/c20-17-13(25-14-7-3-4-8-21-14)9-12(22)15-16(17)19(24)11-6-2-1-5-10(11)18(15)23/h1,3-5,7-9,20,23-24H,2,6H2. The average Bonchev–Trinajstić information content (AvgIpc) is 2.63. The fraction of sp³-hybridized carbons (Fsp3) is 0.105. The van der Waals surface area contributed by atoms with Crippen molar-refractivity contribution >= 4 is 29.3 Å². The number of hydrogen-bond acceptors (Lipinski definition) is 6. The molecule has 0 saturated carbocycles. The lowest BCUT2D eigenvalue weighted by Gasteiger charge is -2.24. The van der Waals surface area contributed by atoms with Crippen LogP contribution in [-0.2, 0) is 6.42 Å². The van der Waals surface area contributed by atoms with Crippen LogP contribution in [0.25, 0.3) is 6.08 Å². The molecule has 0 aliphatic heterocycles. The molecule has 0 unspecified atom stereocenters. The van der Waals surface area contributed by atoms with Crippen LogP contribution in [-0.4, -0.2) is 26.7 Å². The van der Waals surface area contributed by atoms with Crippen LogP contribution in [0.4, 0.5) is 0 Å². The highest BCUT2D eigenvalue weighted by atomic mass is 32.2. The highest BCUT2D eigenvalue weighted by molar-refractivity contribution is 8.04. The predicted molar refractivity (Wildman–Crippen MR) is 96.5 cm³/mol. The van der Waals surface area contributed by atoms with Crippen molar-refractivity contribution in [3.63, 3.8) is 0 Å². The number of phenolic OH excluding ortho intramolecular Hbond substituents is 2. The normalized spacial score (nSPS) is 15.6. The number of pyridine rings is 1. The molecule has 3 N–H and O–H groups in total. The number of ketones is 1. The van der Waals surface area contributed by atoms with E-state index >= 15 is 0 Å². The molecule has 4 rings (SSSR count). The molecule has 0 spiro atoms. The van der Waals surface area contributed by atoms with Crippen molar-refractivity contribution < 1.29 is 15.0 Å². The molecule has 2 aliphatic rings. The first-order valence-corrected chi connectivity index (χ1v) is 8.61. The number of phenols is 2. The lowest BCUT2D eigenvalue weighted by molar-refractivity contribution is 0.104. The van der Waals surface area contributed by atoms with Gasteiger partial charge in [-0.2, -0.15) is 0 Å². The highest BCUT2D eigenvalue weighted by Crippen LogP contribution is 2.45. The predicted octanol–water partition coefficient (Wildman–Crippen LogP) is 3.69. The van der Waals surface area contributed by atoms with Gasteiger partial charge in [0.25, 0.3) is 0 Å². The fourth-order valence-electron chi connectivity index (χ4n) is 3.12. The van der Waals surface area contributed by atoms with Gasteiger partial charge in [-0.15, -0.1) is 0 Å². The smallest absolute Gasteiger partial charge is 0.191 e. The van der Waals surface area contributed by atoms with Crippen molar-refractivity contribution in [2.24, 2.45) is 0 Å². The number of carbonyl (C=O) groups is 1. The molecular weight excluding hydrogens is 336 g/mol. The Morgan fingerprint density at radius 1 is 1.16 bits per heavy atom. The first kappa shape index (κ1) is 15.7. The van der Waals surface area contributed by atoms with Crippen LogP contribution in [0.5, 0.6) is 11.5 Å². The number of allylic oxidation sites excluding steroid dienone is 3. The van der Waals surface area contributed by atoms with E-state index in [9.17, 15) is 15.0 Å². The Morgan fingerprint density at radius 3 is 2.76 bits per heavy atom. The number of benzene rings is 1. The number of aromatic nitrogens is 1. The fourth-order valence-corrected chi connectivity index (χ4v) is 3.98. The first-order valence-electron chi connectivity index (χ1n) is 7.79. The van der Waals surface area contributed by atoms with Crippen molar-refractivity contribution in [1.82, 2.24) is 4.98 Å². The second-order valence-electron chi connectivity index (χ2n) is 5.80. The summed E-state index contributed by atoms with van der Waals surface area (Å²) < 4.78 is 0. The summed E-state index contributed by atoms with van der Waals surface area (Å²) in [5, 5.41) is 30.3. The Bertz CT molecular complexity index is 978. The van der Waals surface area contributed by atoms with E-state index in [1.807, 2.05) is 12.1 Å². The molecule has 0 amide bonds. The molecule has 0 fully saturated rings. The molecule has 2 aromatic rings.